The average Bonchev–Trinajstić information content (AvgIpc) is 3.56. The van der Waals surface area contributed by atoms with Gasteiger partial charge in [0, 0.05) is 11.8 Å². The molecule has 4 aromatic rings. The minimum atomic E-state index is -1.80. The van der Waals surface area contributed by atoms with E-state index < -0.39 is 22.3 Å². The molecular formula is C26H29N5O6S. The summed E-state index contributed by atoms with van der Waals surface area (Å²) in [6.45, 7) is 4.06. The zero-order chi connectivity index (χ0) is 26.8. The number of rotatable bonds is 9. The second-order valence-corrected chi connectivity index (χ2v) is 10.3. The Morgan fingerprint density at radius 2 is 1.89 bits per heavy atom. The van der Waals surface area contributed by atoms with Gasteiger partial charge in [-0.25, -0.2) is 4.21 Å². The fourth-order valence-corrected chi connectivity index (χ4v) is 5.26. The van der Waals surface area contributed by atoms with Crippen molar-refractivity contribution in [3.63, 3.8) is 0 Å². The molecule has 38 heavy (non-hydrogen) atoms. The predicted octanol–water partition coefficient (Wildman–Crippen LogP) is 3.77. The van der Waals surface area contributed by atoms with E-state index in [2.05, 4.69) is 19.9 Å². The van der Waals surface area contributed by atoms with Gasteiger partial charge in [-0.1, -0.05) is 6.07 Å². The summed E-state index contributed by atoms with van der Waals surface area (Å²) < 4.78 is 41.0. The van der Waals surface area contributed by atoms with E-state index in [1.807, 2.05) is 13.0 Å². The van der Waals surface area contributed by atoms with Crippen LogP contribution in [0.1, 0.15) is 36.5 Å². The van der Waals surface area contributed by atoms with Crippen molar-refractivity contribution in [2.45, 2.75) is 38.0 Å². The molecule has 0 aliphatic carbocycles. The van der Waals surface area contributed by atoms with Crippen LogP contribution >= 0.6 is 0 Å². The summed E-state index contributed by atoms with van der Waals surface area (Å²) in [5.74, 6) is 3.18. The summed E-state index contributed by atoms with van der Waals surface area (Å²) in [5.41, 5.74) is 1.84. The third kappa shape index (κ3) is 4.72. The summed E-state index contributed by atoms with van der Waals surface area (Å²) in [4.78, 5) is 4.36. The lowest BCUT2D eigenvalue weighted by atomic mass is 10.0. The van der Waals surface area contributed by atoms with Gasteiger partial charge in [0.05, 0.1) is 37.9 Å². The molecule has 200 valence electrons. The van der Waals surface area contributed by atoms with Gasteiger partial charge in [0.1, 0.15) is 39.7 Å². The molecule has 0 fully saturated rings. The number of aliphatic hydroxyl groups is 1. The van der Waals surface area contributed by atoms with Crippen molar-refractivity contribution in [3.05, 3.63) is 59.6 Å². The topological polar surface area (TPSA) is 134 Å². The number of benzene rings is 1. The molecule has 1 aliphatic rings. The molecule has 0 bridgehead atoms. The molecule has 0 amide bonds. The fourth-order valence-electron chi connectivity index (χ4n) is 4.38. The van der Waals surface area contributed by atoms with Gasteiger partial charge in [-0.2, -0.15) is 0 Å². The van der Waals surface area contributed by atoms with Crippen molar-refractivity contribution in [1.29, 1.82) is 0 Å². The van der Waals surface area contributed by atoms with Crippen LogP contribution in [0, 0.1) is 6.92 Å². The van der Waals surface area contributed by atoms with Crippen LogP contribution in [0.15, 0.2) is 47.0 Å². The van der Waals surface area contributed by atoms with Crippen molar-refractivity contribution in [3.8, 4) is 34.5 Å². The van der Waals surface area contributed by atoms with E-state index >= 15 is 0 Å². The first-order valence-corrected chi connectivity index (χ1v) is 13.3. The highest BCUT2D eigenvalue weighted by Crippen LogP contribution is 2.39. The quantitative estimate of drug-likeness (QED) is 0.326. The van der Waals surface area contributed by atoms with E-state index in [-0.39, 0.29) is 5.95 Å². The summed E-state index contributed by atoms with van der Waals surface area (Å²) in [5, 5.41) is 19.0. The Kier molecular flexibility index (Phi) is 7.34. The fraction of sp³-hybridized carbons (Fsp3) is 0.346. The van der Waals surface area contributed by atoms with Crippen LogP contribution in [0.4, 0.5) is 5.95 Å². The van der Waals surface area contributed by atoms with Gasteiger partial charge in [0.15, 0.2) is 5.76 Å². The number of aryl methyl sites for hydroxylation is 2. The van der Waals surface area contributed by atoms with Crippen molar-refractivity contribution in [2.24, 2.45) is 0 Å². The van der Waals surface area contributed by atoms with Crippen LogP contribution < -0.4 is 18.9 Å². The number of hydrogen-bond acceptors (Lipinski definition) is 9. The minimum Gasteiger partial charge on any atom is -0.494 e. The molecule has 0 spiro atoms. The molecule has 0 saturated heterocycles. The predicted molar refractivity (Wildman–Crippen MR) is 141 cm³/mol. The van der Waals surface area contributed by atoms with Crippen LogP contribution in [0.2, 0.25) is 0 Å². The number of para-hydroxylation sites is 1. The van der Waals surface area contributed by atoms with Crippen LogP contribution in [0.3, 0.4) is 0 Å². The number of aromatic nitrogens is 4. The molecule has 3 unspecified atom stereocenters. The van der Waals surface area contributed by atoms with E-state index in [4.69, 9.17) is 18.6 Å². The smallest absolute Gasteiger partial charge is 0.241 e. The zero-order valence-electron chi connectivity index (χ0n) is 21.5. The van der Waals surface area contributed by atoms with Crippen LogP contribution in [-0.4, -0.2) is 55.1 Å². The normalized spacial score (nSPS) is 15.2. The summed E-state index contributed by atoms with van der Waals surface area (Å²) >= 11 is 0. The average molecular weight is 540 g/mol. The first-order chi connectivity index (χ1) is 18.4. The monoisotopic (exact) mass is 539 g/mol. The number of ether oxygens (including phenoxy) is 3. The van der Waals surface area contributed by atoms with E-state index in [1.165, 1.54) is 0 Å². The molecule has 0 radical (unpaired) electrons. The van der Waals surface area contributed by atoms with Crippen LogP contribution in [0.5, 0.6) is 17.2 Å². The number of nitrogens with one attached hydrogen (secondary N) is 1. The van der Waals surface area contributed by atoms with E-state index in [0.29, 0.717) is 52.5 Å². The highest BCUT2D eigenvalue weighted by atomic mass is 32.2. The molecule has 3 atom stereocenters. The lowest BCUT2D eigenvalue weighted by Gasteiger charge is -2.25. The van der Waals surface area contributed by atoms with Gasteiger partial charge in [0.2, 0.25) is 11.8 Å². The molecule has 0 saturated carbocycles. The Bertz CT molecular complexity index is 1450. The zero-order valence-corrected chi connectivity index (χ0v) is 22.3. The summed E-state index contributed by atoms with van der Waals surface area (Å²) in [6.07, 6.45) is 2.19. The Morgan fingerprint density at radius 1 is 1.13 bits per heavy atom. The molecule has 5 rings (SSSR count). The Hall–Kier alpha value is -3.90. The largest absolute Gasteiger partial charge is 0.494 e. The first-order valence-electron chi connectivity index (χ1n) is 12.1. The molecule has 12 heteroatoms. The van der Waals surface area contributed by atoms with E-state index in [9.17, 15) is 9.32 Å². The number of fused-ring (bicyclic) bond motifs is 1. The van der Waals surface area contributed by atoms with E-state index in [1.54, 1.807) is 62.2 Å². The van der Waals surface area contributed by atoms with Crippen molar-refractivity contribution >= 4 is 16.9 Å². The van der Waals surface area contributed by atoms with Crippen molar-refractivity contribution in [2.75, 3.05) is 25.5 Å². The maximum Gasteiger partial charge on any atom is 0.241 e. The number of methoxy groups -OCH3 is 2. The lowest BCUT2D eigenvalue weighted by Crippen LogP contribution is -2.27. The summed E-state index contributed by atoms with van der Waals surface area (Å²) in [7, 11) is 1.29. The Labute approximate surface area is 222 Å². The Morgan fingerprint density at radius 3 is 2.58 bits per heavy atom. The molecule has 11 nitrogen and oxygen atoms in total. The van der Waals surface area contributed by atoms with Crippen LogP contribution in [-0.2, 0) is 17.4 Å². The minimum absolute atomic E-state index is 0.155. The van der Waals surface area contributed by atoms with E-state index in [0.717, 1.165) is 18.5 Å². The number of hydrogen-bond donors (Lipinski definition) is 2. The Balaban J connectivity index is 1.53. The highest BCUT2D eigenvalue weighted by Gasteiger charge is 2.30. The third-order valence-corrected chi connectivity index (χ3v) is 7.67. The van der Waals surface area contributed by atoms with Gasteiger partial charge in [0.25, 0.3) is 0 Å². The van der Waals surface area contributed by atoms with Gasteiger partial charge >= 0.3 is 0 Å². The molecule has 1 aromatic carbocycles. The number of furan rings is 1. The second-order valence-electron chi connectivity index (χ2n) is 8.78. The lowest BCUT2D eigenvalue weighted by molar-refractivity contribution is 0.168. The number of aliphatic hydroxyl groups excluding tert-OH is 1. The van der Waals surface area contributed by atoms with Gasteiger partial charge < -0.3 is 23.7 Å². The molecule has 2 N–H and O–H groups in total. The molecule has 3 aromatic heterocycles. The van der Waals surface area contributed by atoms with Crippen molar-refractivity contribution < 1.29 is 27.9 Å². The summed E-state index contributed by atoms with van der Waals surface area (Å²) in [6, 6.07) is 10.6. The highest BCUT2D eigenvalue weighted by molar-refractivity contribution is 7.87. The number of pyridine rings is 1. The molecule has 4 heterocycles. The number of nitrogens with zero attached hydrogens (tertiary/aromatic N) is 4. The standard InChI is InChI=1S/C26H29N5O6S/c1-15-10-11-21(37-15)25-28-29-26(31(25)22-19(34-3)8-5-9-20(22)35-4)30-38(33)16(2)23(32)17-12-13-27-18-7-6-14-36-24(17)18/h5,8-13,16,23,32H,6-7,14H2,1-4H3,(H,29,30). The van der Waals surface area contributed by atoms with Gasteiger partial charge in [-0.15, -0.1) is 10.2 Å². The van der Waals surface area contributed by atoms with Crippen LogP contribution in [0.25, 0.3) is 17.3 Å². The van der Waals surface area contributed by atoms with Gasteiger partial charge in [-0.3, -0.25) is 14.3 Å². The second kappa shape index (κ2) is 10.8. The molecule has 1 aliphatic heterocycles. The number of anilines is 1. The SMILES string of the molecule is COc1cccc(OC)c1-n1c(NS(=O)C(C)C(O)c2ccnc3c2OCCC3)nnc1-c1ccc(C)o1. The maximum absolute atomic E-state index is 13.6. The van der Waals surface area contributed by atoms with Gasteiger partial charge in [-0.05, 0) is 57.0 Å². The maximum atomic E-state index is 13.6. The van der Waals surface area contributed by atoms with Crippen molar-refractivity contribution in [1.82, 2.24) is 19.7 Å². The first kappa shape index (κ1) is 25.7. The molecular weight excluding hydrogens is 510 g/mol. The third-order valence-electron chi connectivity index (χ3n) is 6.36.